The molecule has 1 aliphatic heterocycles. The molecule has 0 atom stereocenters. The van der Waals surface area contributed by atoms with Crippen molar-refractivity contribution in [1.82, 2.24) is 9.88 Å². The van der Waals surface area contributed by atoms with Crippen LogP contribution in [-0.2, 0) is 13.0 Å². The van der Waals surface area contributed by atoms with Gasteiger partial charge in [0.1, 0.15) is 5.01 Å². The lowest BCUT2D eigenvalue weighted by molar-refractivity contribution is 0.102. The molecule has 0 aliphatic carbocycles. The summed E-state index contributed by atoms with van der Waals surface area (Å²) in [5, 5.41) is 1.10. The number of rotatable bonds is 4. The van der Waals surface area contributed by atoms with Crippen molar-refractivity contribution < 1.29 is 4.79 Å². The predicted octanol–water partition coefficient (Wildman–Crippen LogP) is 3.14. The smallest absolute Gasteiger partial charge is 0.171 e. The molecule has 100 valence electrons. The number of likely N-dealkylation sites (tertiary alicyclic amines) is 1. The predicted molar refractivity (Wildman–Crippen MR) is 75.2 cm³/mol. The van der Waals surface area contributed by atoms with E-state index in [0.717, 1.165) is 47.6 Å². The van der Waals surface area contributed by atoms with Crippen LogP contribution < -0.4 is 0 Å². The first-order chi connectivity index (χ1) is 8.60. The minimum absolute atomic E-state index is 0.155. The lowest BCUT2D eigenvalue weighted by Crippen LogP contribution is -2.32. The molecule has 0 aromatic carbocycles. The Bertz CT molecular complexity index is 419. The molecule has 0 N–H and O–H groups in total. The number of nitrogens with zero attached hydrogens (tertiary/aromatic N) is 2. The van der Waals surface area contributed by atoms with E-state index in [2.05, 4.69) is 23.7 Å². The van der Waals surface area contributed by atoms with Crippen molar-refractivity contribution in [2.45, 2.75) is 46.6 Å². The minimum atomic E-state index is 0.155. The van der Waals surface area contributed by atoms with Crippen LogP contribution in [0, 0.1) is 5.92 Å². The number of ketones is 1. The van der Waals surface area contributed by atoms with Crippen LogP contribution in [0.4, 0.5) is 0 Å². The number of aryl methyl sites for hydroxylation is 1. The molecule has 1 aromatic rings. The van der Waals surface area contributed by atoms with Crippen LogP contribution in [0.1, 0.15) is 54.0 Å². The first-order valence-corrected chi connectivity index (χ1v) is 7.63. The van der Waals surface area contributed by atoms with Crippen molar-refractivity contribution in [2.24, 2.45) is 5.92 Å². The summed E-state index contributed by atoms with van der Waals surface area (Å²) in [6.45, 7) is 9.27. The summed E-state index contributed by atoms with van der Waals surface area (Å²) >= 11 is 1.58. The molecule has 2 rings (SSSR count). The van der Waals surface area contributed by atoms with Gasteiger partial charge in [0, 0.05) is 6.92 Å². The van der Waals surface area contributed by atoms with E-state index in [1.807, 2.05) is 0 Å². The molecule has 0 spiro atoms. The van der Waals surface area contributed by atoms with E-state index in [1.54, 1.807) is 18.3 Å². The third-order valence-corrected chi connectivity index (χ3v) is 4.81. The maximum absolute atomic E-state index is 11.5. The molecule has 0 radical (unpaired) electrons. The van der Waals surface area contributed by atoms with Gasteiger partial charge in [-0.1, -0.05) is 13.8 Å². The Balaban J connectivity index is 2.03. The maximum atomic E-state index is 11.5. The normalized spacial score (nSPS) is 18.2. The molecular formula is C14H22N2OS. The molecule has 0 bridgehead atoms. The lowest BCUT2D eigenvalue weighted by atomic mass is 9.99. The van der Waals surface area contributed by atoms with Crippen LogP contribution in [-0.4, -0.2) is 28.8 Å². The third-order valence-electron chi connectivity index (χ3n) is 3.63. The zero-order valence-electron chi connectivity index (χ0n) is 11.5. The Morgan fingerprint density at radius 3 is 2.61 bits per heavy atom. The summed E-state index contributed by atoms with van der Waals surface area (Å²) in [4.78, 5) is 19.5. The average Bonchev–Trinajstić information content (AvgIpc) is 2.75. The SMILES string of the molecule is CCc1nc(CN2CCC(C)CC2)sc1C(C)=O. The molecule has 1 saturated heterocycles. The van der Waals surface area contributed by atoms with Gasteiger partial charge in [-0.3, -0.25) is 9.69 Å². The van der Waals surface area contributed by atoms with Crippen molar-refractivity contribution in [3.8, 4) is 0 Å². The number of hydrogen-bond donors (Lipinski definition) is 0. The summed E-state index contributed by atoms with van der Waals surface area (Å²) in [6.07, 6.45) is 3.42. The number of carbonyl (C=O) groups is 1. The lowest BCUT2D eigenvalue weighted by Gasteiger charge is -2.29. The fourth-order valence-electron chi connectivity index (χ4n) is 2.39. The molecular weight excluding hydrogens is 244 g/mol. The second kappa shape index (κ2) is 5.93. The molecule has 2 heterocycles. The number of Topliss-reactive ketones (excluding diaryl/α,β-unsaturated/α-hetero) is 1. The Kier molecular flexibility index (Phi) is 4.51. The first-order valence-electron chi connectivity index (χ1n) is 6.82. The summed E-state index contributed by atoms with van der Waals surface area (Å²) in [7, 11) is 0. The van der Waals surface area contributed by atoms with Crippen molar-refractivity contribution in [1.29, 1.82) is 0 Å². The summed E-state index contributed by atoms with van der Waals surface area (Å²) in [5.74, 6) is 1.01. The molecule has 0 saturated carbocycles. The van der Waals surface area contributed by atoms with Gasteiger partial charge in [0.05, 0.1) is 17.1 Å². The molecule has 1 aliphatic rings. The second-order valence-corrected chi connectivity index (χ2v) is 6.34. The third kappa shape index (κ3) is 3.18. The highest BCUT2D eigenvalue weighted by Crippen LogP contribution is 2.23. The average molecular weight is 266 g/mol. The zero-order valence-corrected chi connectivity index (χ0v) is 12.3. The van der Waals surface area contributed by atoms with Crippen LogP contribution in [0.15, 0.2) is 0 Å². The van der Waals surface area contributed by atoms with Gasteiger partial charge in [0.15, 0.2) is 5.78 Å². The monoisotopic (exact) mass is 266 g/mol. The van der Waals surface area contributed by atoms with E-state index >= 15 is 0 Å². The number of hydrogen-bond acceptors (Lipinski definition) is 4. The van der Waals surface area contributed by atoms with Gasteiger partial charge < -0.3 is 0 Å². The fourth-order valence-corrected chi connectivity index (χ4v) is 3.48. The number of piperidine rings is 1. The fraction of sp³-hybridized carbons (Fsp3) is 0.714. The quantitative estimate of drug-likeness (QED) is 0.785. The van der Waals surface area contributed by atoms with E-state index in [0.29, 0.717) is 0 Å². The van der Waals surface area contributed by atoms with E-state index < -0.39 is 0 Å². The van der Waals surface area contributed by atoms with Gasteiger partial charge in [-0.05, 0) is 38.3 Å². The van der Waals surface area contributed by atoms with E-state index in [1.165, 1.54) is 12.8 Å². The Morgan fingerprint density at radius 1 is 1.44 bits per heavy atom. The highest BCUT2D eigenvalue weighted by atomic mass is 32.1. The van der Waals surface area contributed by atoms with Gasteiger partial charge >= 0.3 is 0 Å². The number of thiazole rings is 1. The zero-order chi connectivity index (χ0) is 13.1. The van der Waals surface area contributed by atoms with Gasteiger partial charge in [0.25, 0.3) is 0 Å². The van der Waals surface area contributed by atoms with E-state index in [-0.39, 0.29) is 5.78 Å². The molecule has 1 fully saturated rings. The topological polar surface area (TPSA) is 33.2 Å². The van der Waals surface area contributed by atoms with Crippen molar-refractivity contribution in [3.05, 3.63) is 15.6 Å². The van der Waals surface area contributed by atoms with Crippen LogP contribution in [0.5, 0.6) is 0 Å². The molecule has 4 heteroatoms. The molecule has 3 nitrogen and oxygen atoms in total. The standard InChI is InChI=1S/C14H22N2OS/c1-4-12-14(11(3)17)18-13(15-12)9-16-7-5-10(2)6-8-16/h10H,4-9H2,1-3H3. The van der Waals surface area contributed by atoms with E-state index in [4.69, 9.17) is 0 Å². The second-order valence-electron chi connectivity index (χ2n) is 5.25. The Hall–Kier alpha value is -0.740. The van der Waals surface area contributed by atoms with Crippen molar-refractivity contribution in [3.63, 3.8) is 0 Å². The number of carbonyl (C=O) groups excluding carboxylic acids is 1. The van der Waals surface area contributed by atoms with Gasteiger partial charge in [-0.15, -0.1) is 11.3 Å². The summed E-state index contributed by atoms with van der Waals surface area (Å²) in [5.41, 5.74) is 0.980. The van der Waals surface area contributed by atoms with Crippen molar-refractivity contribution in [2.75, 3.05) is 13.1 Å². The van der Waals surface area contributed by atoms with Crippen molar-refractivity contribution >= 4 is 17.1 Å². The van der Waals surface area contributed by atoms with Gasteiger partial charge in [-0.2, -0.15) is 0 Å². The Labute approximate surface area is 113 Å². The Morgan fingerprint density at radius 2 is 2.11 bits per heavy atom. The maximum Gasteiger partial charge on any atom is 0.171 e. The molecule has 0 amide bonds. The van der Waals surface area contributed by atoms with E-state index in [9.17, 15) is 4.79 Å². The summed E-state index contributed by atoms with van der Waals surface area (Å²) in [6, 6.07) is 0. The summed E-state index contributed by atoms with van der Waals surface area (Å²) < 4.78 is 0. The van der Waals surface area contributed by atoms with Gasteiger partial charge in [-0.25, -0.2) is 4.98 Å². The van der Waals surface area contributed by atoms with Crippen LogP contribution in [0.2, 0.25) is 0 Å². The van der Waals surface area contributed by atoms with Crippen LogP contribution >= 0.6 is 11.3 Å². The highest BCUT2D eigenvalue weighted by molar-refractivity contribution is 7.13. The van der Waals surface area contributed by atoms with Crippen LogP contribution in [0.3, 0.4) is 0 Å². The number of aromatic nitrogens is 1. The first kappa shape index (κ1) is 13.7. The highest BCUT2D eigenvalue weighted by Gasteiger charge is 2.19. The van der Waals surface area contributed by atoms with Gasteiger partial charge in [0.2, 0.25) is 0 Å². The molecule has 18 heavy (non-hydrogen) atoms. The minimum Gasteiger partial charge on any atom is -0.297 e. The van der Waals surface area contributed by atoms with Crippen LogP contribution in [0.25, 0.3) is 0 Å². The molecule has 0 unspecified atom stereocenters. The largest absolute Gasteiger partial charge is 0.297 e. The molecule has 1 aromatic heterocycles.